The van der Waals surface area contributed by atoms with Gasteiger partial charge in [-0.15, -0.1) is 0 Å². The van der Waals surface area contributed by atoms with Gasteiger partial charge in [0.05, 0.1) is 6.61 Å². The van der Waals surface area contributed by atoms with Gasteiger partial charge in [0.1, 0.15) is 5.52 Å². The number of hydrogen-bond donors (Lipinski definition) is 1. The number of benzene rings is 1. The van der Waals surface area contributed by atoms with Crippen LogP contribution in [0.2, 0.25) is 0 Å². The molecule has 0 saturated heterocycles. The lowest BCUT2D eigenvalue weighted by Gasteiger charge is -2.02. The smallest absolute Gasteiger partial charge is 0.266 e. The van der Waals surface area contributed by atoms with Crippen LogP contribution in [0.3, 0.4) is 0 Å². The van der Waals surface area contributed by atoms with Crippen molar-refractivity contribution in [2.75, 3.05) is 0 Å². The molecule has 1 aromatic heterocycles. The molecule has 0 radical (unpaired) electrons. The second-order valence-electron chi connectivity index (χ2n) is 2.98. The van der Waals surface area contributed by atoms with Crippen LogP contribution in [0.15, 0.2) is 22.6 Å². The molecule has 1 heterocycles. The zero-order chi connectivity index (χ0) is 11.1. The number of alkyl halides is 3. The molecular formula is C9H6Cl3NO2. The Kier molecular flexibility index (Phi) is 2.81. The maximum Gasteiger partial charge on any atom is 0.266 e. The van der Waals surface area contributed by atoms with Crippen molar-refractivity contribution < 1.29 is 9.52 Å². The quantitative estimate of drug-likeness (QED) is 0.807. The first-order valence-corrected chi connectivity index (χ1v) is 5.21. The van der Waals surface area contributed by atoms with E-state index in [0.717, 1.165) is 5.56 Å². The monoisotopic (exact) mass is 265 g/mol. The number of aromatic nitrogens is 1. The summed E-state index contributed by atoms with van der Waals surface area (Å²) in [5.41, 5.74) is 1.80. The van der Waals surface area contributed by atoms with Gasteiger partial charge in [-0.3, -0.25) is 0 Å². The summed E-state index contributed by atoms with van der Waals surface area (Å²) in [5.74, 6) is 0.0255. The van der Waals surface area contributed by atoms with Gasteiger partial charge in [0.25, 0.3) is 3.79 Å². The highest BCUT2D eigenvalue weighted by molar-refractivity contribution is 6.66. The average molecular weight is 267 g/mol. The third kappa shape index (κ3) is 2.21. The van der Waals surface area contributed by atoms with Crippen LogP contribution < -0.4 is 0 Å². The Balaban J connectivity index is 2.56. The standard InChI is InChI=1S/C9H6Cl3NO2/c10-9(11,12)8-13-6-2-1-5(4-14)3-7(6)15-8/h1-3,14H,4H2. The number of fused-ring (bicyclic) bond motifs is 1. The Morgan fingerprint density at radius 2 is 2.07 bits per heavy atom. The lowest BCUT2D eigenvalue weighted by molar-refractivity contribution is 0.282. The number of hydrogen-bond acceptors (Lipinski definition) is 3. The first-order chi connectivity index (χ1) is 7.00. The molecule has 0 atom stereocenters. The normalized spacial score (nSPS) is 12.3. The summed E-state index contributed by atoms with van der Waals surface area (Å²) in [4.78, 5) is 4.02. The third-order valence-electron chi connectivity index (χ3n) is 1.88. The Morgan fingerprint density at radius 1 is 1.33 bits per heavy atom. The number of rotatable bonds is 1. The zero-order valence-electron chi connectivity index (χ0n) is 7.38. The van der Waals surface area contributed by atoms with E-state index in [1.165, 1.54) is 0 Å². The first kappa shape index (κ1) is 11.0. The zero-order valence-corrected chi connectivity index (χ0v) is 9.64. The minimum absolute atomic E-state index is 0.0255. The van der Waals surface area contributed by atoms with Crippen molar-refractivity contribution in [3.05, 3.63) is 29.7 Å². The summed E-state index contributed by atoms with van der Waals surface area (Å²) < 4.78 is 3.59. The van der Waals surface area contributed by atoms with E-state index < -0.39 is 3.79 Å². The summed E-state index contributed by atoms with van der Waals surface area (Å²) in [6, 6.07) is 5.08. The fourth-order valence-corrected chi connectivity index (χ4v) is 1.43. The Morgan fingerprint density at radius 3 is 2.67 bits per heavy atom. The number of nitrogens with zero attached hydrogens (tertiary/aromatic N) is 1. The van der Waals surface area contributed by atoms with Crippen LogP contribution >= 0.6 is 34.8 Å². The first-order valence-electron chi connectivity index (χ1n) is 4.08. The van der Waals surface area contributed by atoms with Gasteiger partial charge in [-0.05, 0) is 17.7 Å². The van der Waals surface area contributed by atoms with Crippen molar-refractivity contribution >= 4 is 45.9 Å². The number of aliphatic hydroxyl groups is 1. The second-order valence-corrected chi connectivity index (χ2v) is 5.26. The average Bonchev–Trinajstić information content (AvgIpc) is 2.59. The number of aliphatic hydroxyl groups excluding tert-OH is 1. The molecule has 1 N–H and O–H groups in total. The summed E-state index contributed by atoms with van der Waals surface area (Å²) in [6.07, 6.45) is 0. The minimum atomic E-state index is -1.67. The van der Waals surface area contributed by atoms with Crippen LogP contribution in [0.5, 0.6) is 0 Å². The predicted molar refractivity (Wildman–Crippen MR) is 59.2 cm³/mol. The molecule has 0 unspecified atom stereocenters. The molecule has 0 amide bonds. The number of oxazole rings is 1. The Bertz CT molecular complexity index is 490. The molecule has 80 valence electrons. The predicted octanol–water partition coefficient (Wildman–Crippen LogP) is 3.15. The van der Waals surface area contributed by atoms with Crippen molar-refractivity contribution in [3.63, 3.8) is 0 Å². The lowest BCUT2D eigenvalue weighted by Crippen LogP contribution is -1.99. The maximum absolute atomic E-state index is 8.92. The second kappa shape index (κ2) is 3.83. The van der Waals surface area contributed by atoms with E-state index >= 15 is 0 Å². The fraction of sp³-hybridized carbons (Fsp3) is 0.222. The topological polar surface area (TPSA) is 46.3 Å². The minimum Gasteiger partial charge on any atom is -0.436 e. The molecule has 0 bridgehead atoms. The summed E-state index contributed by atoms with van der Waals surface area (Å²) in [7, 11) is 0. The summed E-state index contributed by atoms with van der Waals surface area (Å²) >= 11 is 16.9. The van der Waals surface area contributed by atoms with Crippen molar-refractivity contribution in [3.8, 4) is 0 Å². The van der Waals surface area contributed by atoms with E-state index in [-0.39, 0.29) is 12.5 Å². The SMILES string of the molecule is OCc1ccc2nc(C(Cl)(Cl)Cl)oc2c1. The lowest BCUT2D eigenvalue weighted by atomic mass is 10.2. The van der Waals surface area contributed by atoms with Gasteiger partial charge in [0, 0.05) is 0 Å². The summed E-state index contributed by atoms with van der Waals surface area (Å²) in [5, 5.41) is 8.92. The molecule has 6 heteroatoms. The van der Waals surface area contributed by atoms with Gasteiger partial charge in [0.15, 0.2) is 5.58 Å². The van der Waals surface area contributed by atoms with Crippen molar-refractivity contribution in [2.45, 2.75) is 10.4 Å². The highest BCUT2D eigenvalue weighted by Gasteiger charge is 2.29. The molecule has 0 fully saturated rings. The molecule has 2 aromatic rings. The van der Waals surface area contributed by atoms with E-state index in [4.69, 9.17) is 44.3 Å². The molecule has 15 heavy (non-hydrogen) atoms. The van der Waals surface area contributed by atoms with E-state index in [9.17, 15) is 0 Å². The van der Waals surface area contributed by atoms with Crippen LogP contribution in [0.4, 0.5) is 0 Å². The van der Waals surface area contributed by atoms with Gasteiger partial charge in [-0.1, -0.05) is 40.9 Å². The maximum atomic E-state index is 8.92. The molecule has 0 aliphatic rings. The molecule has 2 rings (SSSR count). The molecule has 3 nitrogen and oxygen atoms in total. The molecular weight excluding hydrogens is 260 g/mol. The van der Waals surface area contributed by atoms with Crippen LogP contribution in [0.1, 0.15) is 11.5 Å². The van der Waals surface area contributed by atoms with E-state index in [0.29, 0.717) is 11.1 Å². The van der Waals surface area contributed by atoms with Crippen LogP contribution in [0, 0.1) is 0 Å². The van der Waals surface area contributed by atoms with Crippen molar-refractivity contribution in [1.29, 1.82) is 0 Å². The van der Waals surface area contributed by atoms with Crippen LogP contribution in [-0.2, 0) is 10.4 Å². The fourth-order valence-electron chi connectivity index (χ4n) is 1.19. The largest absolute Gasteiger partial charge is 0.436 e. The third-order valence-corrected chi connectivity index (χ3v) is 2.36. The summed E-state index contributed by atoms with van der Waals surface area (Å²) in [6.45, 7) is -0.0697. The van der Waals surface area contributed by atoms with Crippen molar-refractivity contribution in [2.24, 2.45) is 0 Å². The Hall–Kier alpha value is -0.480. The van der Waals surface area contributed by atoms with Crippen LogP contribution in [0.25, 0.3) is 11.1 Å². The van der Waals surface area contributed by atoms with E-state index in [1.54, 1.807) is 18.2 Å². The van der Waals surface area contributed by atoms with Gasteiger partial charge in [-0.25, -0.2) is 4.98 Å². The van der Waals surface area contributed by atoms with Gasteiger partial charge in [-0.2, -0.15) is 0 Å². The van der Waals surface area contributed by atoms with Gasteiger partial charge < -0.3 is 9.52 Å². The highest BCUT2D eigenvalue weighted by atomic mass is 35.6. The van der Waals surface area contributed by atoms with E-state index in [1.807, 2.05) is 0 Å². The van der Waals surface area contributed by atoms with E-state index in [2.05, 4.69) is 4.98 Å². The molecule has 0 aliphatic heterocycles. The van der Waals surface area contributed by atoms with Crippen LogP contribution in [-0.4, -0.2) is 10.1 Å². The number of halogens is 3. The Labute approximate surface area is 101 Å². The molecule has 0 saturated carbocycles. The van der Waals surface area contributed by atoms with Crippen molar-refractivity contribution in [1.82, 2.24) is 4.98 Å². The van der Waals surface area contributed by atoms with Gasteiger partial charge in [0.2, 0.25) is 5.89 Å². The highest BCUT2D eigenvalue weighted by Crippen LogP contribution is 2.38. The van der Waals surface area contributed by atoms with Gasteiger partial charge >= 0.3 is 0 Å². The molecule has 0 spiro atoms. The molecule has 0 aliphatic carbocycles. The molecule has 1 aromatic carbocycles.